The number of H-pyrrole nitrogens is 1. The summed E-state index contributed by atoms with van der Waals surface area (Å²) in [5.74, 6) is -0.744. The molecular weight excluding hydrogens is 228 g/mol. The van der Waals surface area contributed by atoms with Gasteiger partial charge in [-0.2, -0.15) is 0 Å². The van der Waals surface area contributed by atoms with Gasteiger partial charge in [-0.25, -0.2) is 0 Å². The number of carboxylic acid groups (broad SMARTS) is 1. The Morgan fingerprint density at radius 2 is 2.00 bits per heavy atom. The van der Waals surface area contributed by atoms with E-state index in [2.05, 4.69) is 30.2 Å². The van der Waals surface area contributed by atoms with Crippen LogP contribution in [-0.2, 0) is 10.2 Å². The highest BCUT2D eigenvalue weighted by Gasteiger charge is 2.24. The normalized spacial score (nSPS) is 12.7. The molecule has 4 nitrogen and oxygen atoms in total. The average Bonchev–Trinajstić information content (AvgIpc) is 2.67. The van der Waals surface area contributed by atoms with Crippen molar-refractivity contribution in [2.24, 2.45) is 5.41 Å². The predicted octanol–water partition coefficient (Wildman–Crippen LogP) is 2.38. The van der Waals surface area contributed by atoms with Gasteiger partial charge in [-0.1, -0.05) is 27.7 Å². The van der Waals surface area contributed by atoms with Gasteiger partial charge in [-0.15, -0.1) is 0 Å². The Hall–Kier alpha value is -1.29. The molecule has 1 heterocycles. The van der Waals surface area contributed by atoms with Gasteiger partial charge in [0.2, 0.25) is 0 Å². The molecule has 102 valence electrons. The maximum absolute atomic E-state index is 10.7. The first-order valence-electron chi connectivity index (χ1n) is 6.29. The van der Waals surface area contributed by atoms with E-state index >= 15 is 0 Å². The van der Waals surface area contributed by atoms with Gasteiger partial charge in [0.25, 0.3) is 0 Å². The Labute approximate surface area is 109 Å². The Morgan fingerprint density at radius 1 is 1.33 bits per heavy atom. The monoisotopic (exact) mass is 252 g/mol. The zero-order chi connectivity index (χ0) is 13.8. The Balaban J connectivity index is 2.44. The van der Waals surface area contributed by atoms with E-state index in [4.69, 9.17) is 5.11 Å². The summed E-state index contributed by atoms with van der Waals surface area (Å²) in [7, 11) is 0. The second-order valence-corrected chi connectivity index (χ2v) is 6.32. The van der Waals surface area contributed by atoms with Crippen molar-refractivity contribution in [1.29, 1.82) is 0 Å². The fraction of sp³-hybridized carbons (Fsp3) is 0.643. The van der Waals surface area contributed by atoms with Crippen molar-refractivity contribution in [2.75, 3.05) is 13.1 Å². The van der Waals surface area contributed by atoms with Gasteiger partial charge < -0.3 is 15.4 Å². The molecular formula is C14H24N2O2. The number of aliphatic carboxylic acids is 1. The number of hydrogen-bond donors (Lipinski definition) is 3. The second-order valence-electron chi connectivity index (χ2n) is 6.32. The fourth-order valence-corrected chi connectivity index (χ4v) is 2.03. The third kappa shape index (κ3) is 4.53. The number of aromatic amines is 1. The van der Waals surface area contributed by atoms with Crippen molar-refractivity contribution in [3.05, 3.63) is 24.0 Å². The van der Waals surface area contributed by atoms with E-state index in [0.717, 1.165) is 6.54 Å². The highest BCUT2D eigenvalue weighted by Crippen LogP contribution is 2.23. The van der Waals surface area contributed by atoms with Gasteiger partial charge in [0.15, 0.2) is 0 Å². The number of carbonyl (C=O) groups is 1. The minimum Gasteiger partial charge on any atom is -0.481 e. The third-order valence-corrected chi connectivity index (χ3v) is 3.18. The molecule has 1 aromatic rings. The van der Waals surface area contributed by atoms with Crippen LogP contribution >= 0.6 is 0 Å². The number of aromatic nitrogens is 1. The smallest absolute Gasteiger partial charge is 0.303 e. The van der Waals surface area contributed by atoms with Crippen molar-refractivity contribution in [1.82, 2.24) is 10.3 Å². The molecule has 0 bridgehead atoms. The Bertz CT molecular complexity index is 381. The van der Waals surface area contributed by atoms with Gasteiger partial charge in [0, 0.05) is 30.9 Å². The van der Waals surface area contributed by atoms with Crippen molar-refractivity contribution >= 4 is 5.97 Å². The topological polar surface area (TPSA) is 65.1 Å². The minimum atomic E-state index is -0.744. The van der Waals surface area contributed by atoms with E-state index in [1.165, 1.54) is 5.56 Å². The predicted molar refractivity (Wildman–Crippen MR) is 72.7 cm³/mol. The zero-order valence-electron chi connectivity index (χ0n) is 11.7. The van der Waals surface area contributed by atoms with Crippen molar-refractivity contribution < 1.29 is 9.90 Å². The average molecular weight is 252 g/mol. The highest BCUT2D eigenvalue weighted by atomic mass is 16.4. The van der Waals surface area contributed by atoms with Crippen LogP contribution in [0.1, 0.15) is 39.7 Å². The number of nitrogens with one attached hydrogen (secondary N) is 2. The van der Waals surface area contributed by atoms with E-state index in [9.17, 15) is 4.79 Å². The van der Waals surface area contributed by atoms with E-state index in [0.29, 0.717) is 6.54 Å². The van der Waals surface area contributed by atoms with E-state index in [1.807, 2.05) is 26.2 Å². The molecule has 0 saturated carbocycles. The van der Waals surface area contributed by atoms with Crippen LogP contribution in [0.2, 0.25) is 0 Å². The number of rotatable bonds is 7. The van der Waals surface area contributed by atoms with Gasteiger partial charge in [0.1, 0.15) is 0 Å². The third-order valence-electron chi connectivity index (χ3n) is 3.18. The minimum absolute atomic E-state index is 0.0410. The molecule has 0 spiro atoms. The molecule has 1 rings (SSSR count). The summed E-state index contributed by atoms with van der Waals surface area (Å²) < 4.78 is 0. The van der Waals surface area contributed by atoms with Gasteiger partial charge in [-0.3, -0.25) is 4.79 Å². The number of carboxylic acids is 1. The van der Waals surface area contributed by atoms with Gasteiger partial charge in [-0.05, 0) is 17.0 Å². The molecule has 18 heavy (non-hydrogen) atoms. The van der Waals surface area contributed by atoms with Crippen LogP contribution in [0, 0.1) is 5.41 Å². The lowest BCUT2D eigenvalue weighted by molar-refractivity contribution is -0.139. The van der Waals surface area contributed by atoms with Crippen molar-refractivity contribution in [2.45, 2.75) is 39.5 Å². The van der Waals surface area contributed by atoms with Crippen LogP contribution in [0.5, 0.6) is 0 Å². The van der Waals surface area contributed by atoms with Gasteiger partial charge >= 0.3 is 5.97 Å². The van der Waals surface area contributed by atoms with Crippen LogP contribution in [0.4, 0.5) is 0 Å². The van der Waals surface area contributed by atoms with Crippen LogP contribution in [0.25, 0.3) is 0 Å². The molecule has 0 atom stereocenters. The molecule has 0 radical (unpaired) electrons. The summed E-state index contributed by atoms with van der Waals surface area (Å²) in [5.41, 5.74) is 1.07. The van der Waals surface area contributed by atoms with E-state index in [-0.39, 0.29) is 17.3 Å². The lowest BCUT2D eigenvalue weighted by Gasteiger charge is -2.28. The molecule has 4 heteroatoms. The first kappa shape index (κ1) is 14.8. The summed E-state index contributed by atoms with van der Waals surface area (Å²) in [5, 5.41) is 12.2. The first-order valence-corrected chi connectivity index (χ1v) is 6.29. The number of hydrogen-bond acceptors (Lipinski definition) is 2. The molecule has 0 saturated heterocycles. The van der Waals surface area contributed by atoms with Gasteiger partial charge in [0.05, 0.1) is 6.42 Å². The van der Waals surface area contributed by atoms with Crippen molar-refractivity contribution in [3.8, 4) is 0 Å². The van der Waals surface area contributed by atoms with Crippen LogP contribution in [0.3, 0.4) is 0 Å². The van der Waals surface area contributed by atoms with E-state index in [1.54, 1.807) is 0 Å². The SMILES string of the molecule is CC(C)(CNCC(C)(C)c1cc[nH]c1)CC(=O)O. The summed E-state index contributed by atoms with van der Waals surface area (Å²) in [6.45, 7) is 9.82. The lowest BCUT2D eigenvalue weighted by atomic mass is 9.85. The molecule has 0 aliphatic rings. The van der Waals surface area contributed by atoms with Crippen LogP contribution in [-0.4, -0.2) is 29.1 Å². The molecule has 0 amide bonds. The first-order chi connectivity index (χ1) is 8.23. The molecule has 0 unspecified atom stereocenters. The summed E-state index contributed by atoms with van der Waals surface area (Å²) in [6, 6.07) is 2.07. The van der Waals surface area contributed by atoms with E-state index < -0.39 is 5.97 Å². The Kier molecular flexibility index (Phi) is 4.57. The molecule has 1 aromatic heterocycles. The zero-order valence-corrected chi connectivity index (χ0v) is 11.7. The molecule has 0 fully saturated rings. The quantitative estimate of drug-likeness (QED) is 0.698. The van der Waals surface area contributed by atoms with Crippen molar-refractivity contribution in [3.63, 3.8) is 0 Å². The largest absolute Gasteiger partial charge is 0.481 e. The Morgan fingerprint density at radius 3 is 2.50 bits per heavy atom. The van der Waals surface area contributed by atoms with Crippen LogP contribution < -0.4 is 5.32 Å². The molecule has 0 aliphatic carbocycles. The maximum atomic E-state index is 10.7. The lowest BCUT2D eigenvalue weighted by Crippen LogP contribution is -2.38. The molecule has 0 aromatic carbocycles. The maximum Gasteiger partial charge on any atom is 0.303 e. The standard InChI is InChI=1S/C14H24N2O2/c1-13(2,7-12(17)18)9-16-10-14(3,4)11-5-6-15-8-11/h5-6,8,15-16H,7,9-10H2,1-4H3,(H,17,18). The second kappa shape index (κ2) is 5.57. The fourth-order valence-electron chi connectivity index (χ4n) is 2.03. The molecule has 0 aliphatic heterocycles. The summed E-state index contributed by atoms with van der Waals surface area (Å²) >= 11 is 0. The summed E-state index contributed by atoms with van der Waals surface area (Å²) in [4.78, 5) is 13.8. The molecule has 3 N–H and O–H groups in total. The summed E-state index contributed by atoms with van der Waals surface area (Å²) in [6.07, 6.45) is 4.11. The highest BCUT2D eigenvalue weighted by molar-refractivity contribution is 5.67. The van der Waals surface area contributed by atoms with Crippen LogP contribution in [0.15, 0.2) is 18.5 Å².